The molecule has 0 atom stereocenters. The van der Waals surface area contributed by atoms with Crippen LogP contribution in [0.25, 0.3) is 0 Å². The normalized spacial score (nSPS) is 14.2. The molecular formula is C29H32BrClFN5O2. The highest BCUT2D eigenvalue weighted by atomic mass is 79.9. The fraction of sp³-hybridized carbons (Fsp3) is 0.310. The summed E-state index contributed by atoms with van der Waals surface area (Å²) >= 11 is 9.22. The van der Waals surface area contributed by atoms with Crippen molar-refractivity contribution >= 4 is 50.8 Å². The monoisotopic (exact) mass is 615 g/mol. The Bertz CT molecular complexity index is 1280. The molecule has 3 amide bonds. The van der Waals surface area contributed by atoms with Crippen LogP contribution in [0.2, 0.25) is 5.02 Å². The number of anilines is 2. The number of amides is 3. The number of rotatable bonds is 8. The molecule has 3 aromatic carbocycles. The largest absolute Gasteiger partial charge is 0.322 e. The first-order valence-corrected chi connectivity index (χ1v) is 13.9. The van der Waals surface area contributed by atoms with E-state index in [2.05, 4.69) is 38.1 Å². The van der Waals surface area contributed by atoms with Gasteiger partial charge in [-0.3, -0.25) is 9.69 Å². The Hall–Kier alpha value is -2.98. The lowest BCUT2D eigenvalue weighted by atomic mass is 10.2. The average molecular weight is 617 g/mol. The van der Waals surface area contributed by atoms with Crippen LogP contribution in [0.15, 0.2) is 71.2 Å². The van der Waals surface area contributed by atoms with E-state index < -0.39 is 0 Å². The van der Waals surface area contributed by atoms with Crippen molar-refractivity contribution in [3.05, 3.63) is 93.2 Å². The predicted octanol–water partition coefficient (Wildman–Crippen LogP) is 5.80. The first-order valence-electron chi connectivity index (χ1n) is 12.7. The van der Waals surface area contributed by atoms with Gasteiger partial charge in [0.1, 0.15) is 5.82 Å². The van der Waals surface area contributed by atoms with Gasteiger partial charge < -0.3 is 20.0 Å². The van der Waals surface area contributed by atoms with E-state index in [1.807, 2.05) is 0 Å². The number of halogens is 3. The minimum atomic E-state index is -0.362. The lowest BCUT2D eigenvalue weighted by molar-refractivity contribution is 0.0993. The van der Waals surface area contributed by atoms with E-state index in [0.717, 1.165) is 26.2 Å². The highest BCUT2D eigenvalue weighted by molar-refractivity contribution is 9.10. The van der Waals surface area contributed by atoms with Crippen LogP contribution in [-0.4, -0.2) is 80.0 Å². The number of benzene rings is 3. The summed E-state index contributed by atoms with van der Waals surface area (Å²) in [5.41, 5.74) is 2.23. The maximum Gasteiger partial charge on any atom is 0.322 e. The van der Waals surface area contributed by atoms with Gasteiger partial charge in [-0.25, -0.2) is 9.18 Å². The molecule has 1 saturated heterocycles. The predicted molar refractivity (Wildman–Crippen MR) is 158 cm³/mol. The van der Waals surface area contributed by atoms with Gasteiger partial charge in [0.25, 0.3) is 5.91 Å². The summed E-state index contributed by atoms with van der Waals surface area (Å²) in [5.74, 6) is -0.533. The third-order valence-corrected chi connectivity index (χ3v) is 7.59. The van der Waals surface area contributed by atoms with Crippen molar-refractivity contribution in [2.75, 3.05) is 63.6 Å². The van der Waals surface area contributed by atoms with Crippen LogP contribution in [0, 0.1) is 5.82 Å². The number of urea groups is 1. The summed E-state index contributed by atoms with van der Waals surface area (Å²) in [5, 5.41) is 3.50. The number of carbonyl (C=O) groups is 2. The summed E-state index contributed by atoms with van der Waals surface area (Å²) in [4.78, 5) is 33.9. The molecule has 7 nitrogen and oxygen atoms in total. The molecule has 0 bridgehead atoms. The van der Waals surface area contributed by atoms with Gasteiger partial charge in [-0.2, -0.15) is 0 Å². The fourth-order valence-corrected chi connectivity index (χ4v) is 4.77. The first kappa shape index (κ1) is 29.0. The molecule has 39 heavy (non-hydrogen) atoms. The molecule has 0 saturated carbocycles. The molecule has 1 aliphatic rings. The van der Waals surface area contributed by atoms with Gasteiger partial charge >= 0.3 is 6.03 Å². The third-order valence-electron chi connectivity index (χ3n) is 6.85. The first-order chi connectivity index (χ1) is 18.7. The zero-order valence-electron chi connectivity index (χ0n) is 22.0. The zero-order valence-corrected chi connectivity index (χ0v) is 24.4. The van der Waals surface area contributed by atoms with E-state index in [1.165, 1.54) is 11.0 Å². The quantitative estimate of drug-likeness (QED) is 0.348. The van der Waals surface area contributed by atoms with E-state index in [0.29, 0.717) is 45.1 Å². The molecule has 4 rings (SSSR count). The van der Waals surface area contributed by atoms with Crippen LogP contribution in [0.4, 0.5) is 20.6 Å². The number of nitrogens with zero attached hydrogens (tertiary/aromatic N) is 4. The van der Waals surface area contributed by atoms with Crippen molar-refractivity contribution in [1.82, 2.24) is 14.7 Å². The molecule has 10 heteroatoms. The Morgan fingerprint density at radius 2 is 1.67 bits per heavy atom. The molecule has 1 fully saturated rings. The molecule has 0 unspecified atom stereocenters. The van der Waals surface area contributed by atoms with Gasteiger partial charge in [0, 0.05) is 78.3 Å². The van der Waals surface area contributed by atoms with Crippen LogP contribution < -0.4 is 10.2 Å². The zero-order chi connectivity index (χ0) is 27.9. The Morgan fingerprint density at radius 1 is 1.00 bits per heavy atom. The molecule has 0 aromatic heterocycles. The lowest BCUT2D eigenvalue weighted by Crippen LogP contribution is -2.48. The van der Waals surface area contributed by atoms with Crippen molar-refractivity contribution < 1.29 is 14.0 Å². The standard InChI is InChI=1S/C29H32BrClFN5O2/c1-34-13-15-36(16-14-34)17-18-37(20-22-3-6-23(30)19-27(22)32)29(39)33-25-9-11-26(12-10-25)35(2)28(38)21-4-7-24(31)8-5-21/h3-12,19H,13-18,20H2,1-2H3,(H,33,39). The Morgan fingerprint density at radius 3 is 2.31 bits per heavy atom. The van der Waals surface area contributed by atoms with Crippen LogP contribution in [0.5, 0.6) is 0 Å². The summed E-state index contributed by atoms with van der Waals surface area (Å²) in [6.45, 7) is 5.14. The SMILES string of the molecule is CN1CCN(CCN(Cc2ccc(Br)cc2F)C(=O)Nc2ccc(N(C)C(=O)c3ccc(Cl)cc3)cc2)CC1. The maximum atomic E-state index is 14.6. The third kappa shape index (κ3) is 8.02. The molecule has 1 heterocycles. The highest BCUT2D eigenvalue weighted by Gasteiger charge is 2.20. The summed E-state index contributed by atoms with van der Waals surface area (Å²) in [6, 6.07) is 18.3. The van der Waals surface area contributed by atoms with Crippen LogP contribution in [0.3, 0.4) is 0 Å². The highest BCUT2D eigenvalue weighted by Crippen LogP contribution is 2.21. The smallest absolute Gasteiger partial charge is 0.319 e. The number of hydrogen-bond donors (Lipinski definition) is 1. The molecule has 1 aliphatic heterocycles. The van der Waals surface area contributed by atoms with Gasteiger partial charge in [-0.05, 0) is 67.7 Å². The van der Waals surface area contributed by atoms with Gasteiger partial charge in [-0.1, -0.05) is 33.6 Å². The molecule has 3 aromatic rings. The second-order valence-corrected chi connectivity index (χ2v) is 11.0. The maximum absolute atomic E-state index is 14.6. The van der Waals surface area contributed by atoms with E-state index >= 15 is 0 Å². The Kier molecular flexibility index (Phi) is 9.96. The second-order valence-electron chi connectivity index (χ2n) is 9.65. The number of likely N-dealkylation sites (N-methyl/N-ethyl adjacent to an activating group) is 1. The number of piperazine rings is 1. The average Bonchev–Trinajstić information content (AvgIpc) is 2.93. The molecule has 1 N–H and O–H groups in total. The minimum Gasteiger partial charge on any atom is -0.319 e. The number of carbonyl (C=O) groups excluding carboxylic acids is 2. The van der Waals surface area contributed by atoms with Crippen molar-refractivity contribution in [3.63, 3.8) is 0 Å². The topological polar surface area (TPSA) is 59.1 Å². The molecular weight excluding hydrogens is 585 g/mol. The molecule has 0 spiro atoms. The van der Waals surface area contributed by atoms with Gasteiger partial charge in [-0.15, -0.1) is 0 Å². The van der Waals surface area contributed by atoms with Gasteiger partial charge in [0.05, 0.1) is 6.54 Å². The van der Waals surface area contributed by atoms with Crippen molar-refractivity contribution in [2.24, 2.45) is 0 Å². The number of nitrogens with one attached hydrogen (secondary N) is 1. The van der Waals surface area contributed by atoms with E-state index in [9.17, 15) is 14.0 Å². The Labute approximate surface area is 242 Å². The van der Waals surface area contributed by atoms with Crippen LogP contribution >= 0.6 is 27.5 Å². The molecule has 0 radical (unpaired) electrons. The summed E-state index contributed by atoms with van der Waals surface area (Å²) in [7, 11) is 3.79. The minimum absolute atomic E-state index is 0.148. The van der Waals surface area contributed by atoms with E-state index in [1.54, 1.807) is 72.6 Å². The van der Waals surface area contributed by atoms with Gasteiger partial charge in [0.15, 0.2) is 0 Å². The summed E-state index contributed by atoms with van der Waals surface area (Å²) < 4.78 is 15.3. The van der Waals surface area contributed by atoms with Gasteiger partial charge in [0.2, 0.25) is 0 Å². The van der Waals surface area contributed by atoms with Crippen molar-refractivity contribution in [2.45, 2.75) is 6.54 Å². The van der Waals surface area contributed by atoms with Crippen LogP contribution in [0.1, 0.15) is 15.9 Å². The summed E-state index contributed by atoms with van der Waals surface area (Å²) in [6.07, 6.45) is 0. The fourth-order valence-electron chi connectivity index (χ4n) is 4.32. The lowest BCUT2D eigenvalue weighted by Gasteiger charge is -2.34. The number of hydrogen-bond acceptors (Lipinski definition) is 4. The Balaban J connectivity index is 1.43. The molecule has 0 aliphatic carbocycles. The van der Waals surface area contributed by atoms with Crippen molar-refractivity contribution in [3.8, 4) is 0 Å². The second kappa shape index (κ2) is 13.4. The van der Waals surface area contributed by atoms with Crippen LogP contribution in [-0.2, 0) is 6.54 Å². The van der Waals surface area contributed by atoms with Crippen molar-refractivity contribution in [1.29, 1.82) is 0 Å². The van der Waals surface area contributed by atoms with E-state index in [-0.39, 0.29) is 24.3 Å². The molecule has 206 valence electrons. The van der Waals surface area contributed by atoms with E-state index in [4.69, 9.17) is 11.6 Å².